The van der Waals surface area contributed by atoms with Crippen molar-refractivity contribution in [2.24, 2.45) is 0 Å². The lowest BCUT2D eigenvalue weighted by Gasteiger charge is -2.24. The van der Waals surface area contributed by atoms with E-state index in [1.54, 1.807) is 13.8 Å². The first-order valence-corrected chi connectivity index (χ1v) is 8.29. The van der Waals surface area contributed by atoms with Crippen LogP contribution < -0.4 is 0 Å². The van der Waals surface area contributed by atoms with Crippen LogP contribution in [0.2, 0.25) is 0 Å². The minimum Gasteiger partial charge on any atom is -0.390 e. The normalized spacial score (nSPS) is 14.5. The zero-order valence-electron chi connectivity index (χ0n) is 14.4. The number of aliphatic hydroxyl groups is 2. The van der Waals surface area contributed by atoms with Crippen LogP contribution in [0.25, 0.3) is 27.9 Å². The molecule has 0 aliphatic carbocycles. The van der Waals surface area contributed by atoms with Gasteiger partial charge in [0.25, 0.3) is 0 Å². The highest BCUT2D eigenvalue weighted by Crippen LogP contribution is 2.28. The summed E-state index contributed by atoms with van der Waals surface area (Å²) < 4.78 is 0. The number of allylic oxidation sites excluding steroid dienone is 1. The molecular weight excluding hydrogens is 300 g/mol. The predicted molar refractivity (Wildman–Crippen MR) is 98.8 cm³/mol. The highest BCUT2D eigenvalue weighted by molar-refractivity contribution is 6.08. The molecule has 3 aromatic rings. The van der Waals surface area contributed by atoms with E-state index >= 15 is 0 Å². The molecule has 0 amide bonds. The highest BCUT2D eigenvalue weighted by atomic mass is 16.3. The summed E-state index contributed by atoms with van der Waals surface area (Å²) in [5, 5.41) is 22.1. The Morgan fingerprint density at radius 3 is 2.75 bits per heavy atom. The van der Waals surface area contributed by atoms with E-state index in [1.165, 1.54) is 5.39 Å². The molecule has 0 saturated carbocycles. The zero-order valence-corrected chi connectivity index (χ0v) is 14.4. The monoisotopic (exact) mass is 324 g/mol. The number of hydrogen-bond acceptors (Lipinski definition) is 3. The Morgan fingerprint density at radius 1 is 1.25 bits per heavy atom. The second-order valence-electron chi connectivity index (χ2n) is 6.99. The summed E-state index contributed by atoms with van der Waals surface area (Å²) in [6, 6.07) is 10.3. The molecule has 0 spiro atoms. The van der Waals surface area contributed by atoms with Crippen LogP contribution in [0, 0.1) is 0 Å². The lowest BCUT2D eigenvalue weighted by Crippen LogP contribution is -2.35. The summed E-state index contributed by atoms with van der Waals surface area (Å²) in [5.74, 6) is 0. The second kappa shape index (κ2) is 6.38. The molecule has 0 unspecified atom stereocenters. The van der Waals surface area contributed by atoms with E-state index in [0.29, 0.717) is 12.8 Å². The van der Waals surface area contributed by atoms with E-state index in [-0.39, 0.29) is 0 Å². The molecule has 1 atom stereocenters. The third-order valence-corrected chi connectivity index (χ3v) is 4.47. The Morgan fingerprint density at radius 2 is 2.00 bits per heavy atom. The van der Waals surface area contributed by atoms with Gasteiger partial charge in [-0.2, -0.15) is 0 Å². The van der Waals surface area contributed by atoms with Crippen LogP contribution >= 0.6 is 0 Å². The summed E-state index contributed by atoms with van der Waals surface area (Å²) in [6.07, 6.45) is 4.37. The minimum atomic E-state index is -1.07. The van der Waals surface area contributed by atoms with Crippen molar-refractivity contribution < 1.29 is 10.2 Å². The Bertz CT molecular complexity index is 887. The molecule has 3 rings (SSSR count). The second-order valence-corrected chi connectivity index (χ2v) is 6.99. The van der Waals surface area contributed by atoms with Crippen LogP contribution in [-0.4, -0.2) is 31.9 Å². The van der Waals surface area contributed by atoms with Crippen LogP contribution in [0.15, 0.2) is 42.1 Å². The van der Waals surface area contributed by atoms with E-state index in [1.807, 2.05) is 31.3 Å². The summed E-state index contributed by atoms with van der Waals surface area (Å²) in [6.45, 7) is 5.28. The summed E-state index contributed by atoms with van der Waals surface area (Å²) in [5.41, 5.74) is 3.08. The standard InChI is InChI=1S/C20H24N2O2/c1-13(8-9-18(23)20(2,3)24)12-17-19-15(10-11-21-17)14-6-4-5-7-16(14)22-19/h4-7,10-12,18,22-24H,8-9H2,1-3H3/b13-12+/t18-/m0/s1. The van der Waals surface area contributed by atoms with Crippen molar-refractivity contribution in [3.8, 4) is 0 Å². The summed E-state index contributed by atoms with van der Waals surface area (Å²) in [7, 11) is 0. The number of nitrogens with zero attached hydrogens (tertiary/aromatic N) is 1. The van der Waals surface area contributed by atoms with Crippen molar-refractivity contribution in [1.29, 1.82) is 0 Å². The van der Waals surface area contributed by atoms with Gasteiger partial charge in [0.1, 0.15) is 0 Å². The zero-order chi connectivity index (χ0) is 17.3. The molecular formula is C20H24N2O2. The van der Waals surface area contributed by atoms with Crippen molar-refractivity contribution in [3.05, 3.63) is 47.8 Å². The maximum atomic E-state index is 9.97. The molecule has 0 aliphatic heterocycles. The molecule has 4 nitrogen and oxygen atoms in total. The van der Waals surface area contributed by atoms with Gasteiger partial charge in [-0.25, -0.2) is 0 Å². The molecule has 24 heavy (non-hydrogen) atoms. The third kappa shape index (κ3) is 3.35. The smallest absolute Gasteiger partial charge is 0.0870 e. The Hall–Kier alpha value is -2.17. The maximum absolute atomic E-state index is 9.97. The van der Waals surface area contributed by atoms with E-state index in [4.69, 9.17) is 0 Å². The fraction of sp³-hybridized carbons (Fsp3) is 0.350. The van der Waals surface area contributed by atoms with Crippen LogP contribution in [0.5, 0.6) is 0 Å². The summed E-state index contributed by atoms with van der Waals surface area (Å²) >= 11 is 0. The lowest BCUT2D eigenvalue weighted by atomic mass is 9.95. The molecule has 0 fully saturated rings. The molecule has 1 aromatic carbocycles. The van der Waals surface area contributed by atoms with Crippen LogP contribution in [0.3, 0.4) is 0 Å². The largest absolute Gasteiger partial charge is 0.390 e. The minimum absolute atomic E-state index is 0.522. The Balaban J connectivity index is 1.89. The highest BCUT2D eigenvalue weighted by Gasteiger charge is 2.23. The topological polar surface area (TPSA) is 69.1 Å². The van der Waals surface area contributed by atoms with Gasteiger partial charge in [-0.1, -0.05) is 23.8 Å². The van der Waals surface area contributed by atoms with Gasteiger partial charge in [0.05, 0.1) is 22.9 Å². The van der Waals surface area contributed by atoms with Crippen molar-refractivity contribution in [2.75, 3.05) is 0 Å². The predicted octanol–water partition coefficient (Wildman–Crippen LogP) is 4.03. The van der Waals surface area contributed by atoms with E-state index < -0.39 is 11.7 Å². The molecule has 4 heteroatoms. The third-order valence-electron chi connectivity index (χ3n) is 4.47. The number of nitrogens with one attached hydrogen (secondary N) is 1. The van der Waals surface area contributed by atoms with Crippen LogP contribution in [0.1, 0.15) is 39.3 Å². The number of aromatic amines is 1. The number of aromatic nitrogens is 2. The lowest BCUT2D eigenvalue weighted by molar-refractivity contribution is -0.0509. The number of rotatable bonds is 5. The maximum Gasteiger partial charge on any atom is 0.0870 e. The van der Waals surface area contributed by atoms with Crippen molar-refractivity contribution in [3.63, 3.8) is 0 Å². The average Bonchev–Trinajstić information content (AvgIpc) is 2.91. The van der Waals surface area contributed by atoms with E-state index in [0.717, 1.165) is 27.7 Å². The first-order valence-electron chi connectivity index (χ1n) is 8.29. The fourth-order valence-electron chi connectivity index (χ4n) is 2.93. The van der Waals surface area contributed by atoms with Gasteiger partial charge < -0.3 is 15.2 Å². The number of H-pyrrole nitrogens is 1. The number of pyridine rings is 1. The first-order chi connectivity index (χ1) is 11.4. The molecule has 0 aliphatic rings. The van der Waals surface area contributed by atoms with Gasteiger partial charge in [-0.05, 0) is 51.8 Å². The number of hydrogen-bond donors (Lipinski definition) is 3. The first kappa shape index (κ1) is 16.7. The molecule has 0 radical (unpaired) electrons. The van der Waals surface area contributed by atoms with E-state index in [9.17, 15) is 10.2 Å². The number of para-hydroxylation sites is 1. The quantitative estimate of drug-likeness (QED) is 0.663. The molecule has 0 bridgehead atoms. The number of fused-ring (bicyclic) bond motifs is 3. The van der Waals surface area contributed by atoms with Gasteiger partial charge in [-0.3, -0.25) is 4.98 Å². The van der Waals surface area contributed by atoms with Gasteiger partial charge in [0.2, 0.25) is 0 Å². The number of aliphatic hydroxyl groups excluding tert-OH is 1. The fourth-order valence-corrected chi connectivity index (χ4v) is 2.93. The van der Waals surface area contributed by atoms with Gasteiger partial charge in [-0.15, -0.1) is 0 Å². The van der Waals surface area contributed by atoms with Crippen molar-refractivity contribution >= 4 is 27.9 Å². The van der Waals surface area contributed by atoms with Crippen LogP contribution in [-0.2, 0) is 0 Å². The van der Waals surface area contributed by atoms with Gasteiger partial charge in [0.15, 0.2) is 0 Å². The van der Waals surface area contributed by atoms with Gasteiger partial charge in [0, 0.05) is 22.5 Å². The van der Waals surface area contributed by atoms with Crippen LogP contribution in [0.4, 0.5) is 0 Å². The molecule has 126 valence electrons. The Kier molecular flexibility index (Phi) is 4.43. The molecule has 0 saturated heterocycles. The molecule has 2 aromatic heterocycles. The summed E-state index contributed by atoms with van der Waals surface area (Å²) in [4.78, 5) is 7.94. The van der Waals surface area contributed by atoms with E-state index in [2.05, 4.69) is 28.2 Å². The Labute approximate surface area is 141 Å². The van der Waals surface area contributed by atoms with Gasteiger partial charge >= 0.3 is 0 Å². The molecule has 2 heterocycles. The van der Waals surface area contributed by atoms with Crippen molar-refractivity contribution in [2.45, 2.75) is 45.3 Å². The SMILES string of the molecule is C/C(=C\c1nccc2c1[nH]c1ccccc12)CC[C@H](O)C(C)(C)O. The number of benzene rings is 1. The van der Waals surface area contributed by atoms with Crippen molar-refractivity contribution in [1.82, 2.24) is 9.97 Å². The molecule has 3 N–H and O–H groups in total. The average molecular weight is 324 g/mol.